The molecule has 7 heteroatoms. The van der Waals surface area contributed by atoms with Crippen LogP contribution in [0.3, 0.4) is 0 Å². The van der Waals surface area contributed by atoms with Gasteiger partial charge in [-0.3, -0.25) is 9.69 Å². The smallest absolute Gasteiger partial charge is 0.273 e. The molecule has 1 saturated heterocycles. The summed E-state index contributed by atoms with van der Waals surface area (Å²) in [5.74, 6) is 1.88. The second kappa shape index (κ2) is 10.3. The zero-order valence-corrected chi connectivity index (χ0v) is 20.0. The van der Waals surface area contributed by atoms with Gasteiger partial charge in [0.2, 0.25) is 0 Å². The number of para-hydroxylation sites is 1. The maximum Gasteiger partial charge on any atom is 0.273 e. The first-order valence-corrected chi connectivity index (χ1v) is 11.7. The molecule has 1 aromatic heterocycles. The highest BCUT2D eigenvalue weighted by molar-refractivity contribution is 9.10. The lowest BCUT2D eigenvalue weighted by Gasteiger charge is -2.37. The number of piperidine rings is 1. The number of carbonyl (C=O) groups excluding carboxylic acids is 1. The molecule has 0 aliphatic carbocycles. The minimum Gasteiger partial charge on any atom is -0.496 e. The number of nitrogens with one attached hydrogen (secondary N) is 1. The normalized spacial score (nSPS) is 16.0. The molecule has 168 valence electrons. The van der Waals surface area contributed by atoms with Gasteiger partial charge in [-0.25, -0.2) is 0 Å². The Morgan fingerprint density at radius 1 is 1.22 bits per heavy atom. The fourth-order valence-electron chi connectivity index (χ4n) is 4.13. The van der Waals surface area contributed by atoms with Crippen molar-refractivity contribution < 1.29 is 14.1 Å². The van der Waals surface area contributed by atoms with Crippen molar-refractivity contribution >= 4 is 21.8 Å². The second-order valence-electron chi connectivity index (χ2n) is 8.27. The molecule has 0 spiro atoms. The molecule has 1 fully saturated rings. The summed E-state index contributed by atoms with van der Waals surface area (Å²) >= 11 is 3.42. The van der Waals surface area contributed by atoms with Crippen molar-refractivity contribution in [3.63, 3.8) is 0 Å². The quantitative estimate of drug-likeness (QED) is 0.478. The van der Waals surface area contributed by atoms with Gasteiger partial charge in [-0.15, -0.1) is 0 Å². The van der Waals surface area contributed by atoms with Crippen molar-refractivity contribution in [3.05, 3.63) is 70.3 Å². The van der Waals surface area contributed by atoms with E-state index in [-0.39, 0.29) is 17.6 Å². The van der Waals surface area contributed by atoms with Crippen LogP contribution in [-0.2, 0) is 0 Å². The number of methoxy groups -OCH3 is 1. The molecule has 4 rings (SSSR count). The van der Waals surface area contributed by atoms with Crippen LogP contribution in [0.4, 0.5) is 0 Å². The van der Waals surface area contributed by atoms with Gasteiger partial charge in [0.1, 0.15) is 5.75 Å². The molecule has 0 radical (unpaired) electrons. The summed E-state index contributed by atoms with van der Waals surface area (Å²) in [5.41, 5.74) is 2.23. The first-order valence-electron chi connectivity index (χ1n) is 10.9. The van der Waals surface area contributed by atoms with Crippen molar-refractivity contribution in [2.45, 2.75) is 25.8 Å². The third kappa shape index (κ3) is 5.22. The lowest BCUT2D eigenvalue weighted by atomic mass is 9.95. The van der Waals surface area contributed by atoms with Crippen LogP contribution in [0.15, 0.2) is 63.6 Å². The van der Waals surface area contributed by atoms with E-state index < -0.39 is 0 Å². The van der Waals surface area contributed by atoms with Crippen molar-refractivity contribution in [2.24, 2.45) is 5.92 Å². The number of ether oxygens (including phenoxy) is 1. The van der Waals surface area contributed by atoms with Gasteiger partial charge in [-0.05, 0) is 50.0 Å². The summed E-state index contributed by atoms with van der Waals surface area (Å²) in [6.45, 7) is 4.76. The van der Waals surface area contributed by atoms with E-state index in [4.69, 9.17) is 9.26 Å². The van der Waals surface area contributed by atoms with Crippen molar-refractivity contribution in [1.82, 2.24) is 15.4 Å². The molecule has 1 aliphatic heterocycles. The highest BCUT2D eigenvalue weighted by Crippen LogP contribution is 2.32. The largest absolute Gasteiger partial charge is 0.496 e. The maximum atomic E-state index is 12.9. The number of halogens is 1. The minimum atomic E-state index is -0.248. The Bertz CT molecular complexity index is 1040. The molecular formula is C25H28BrN3O3. The molecule has 1 N–H and O–H groups in total. The summed E-state index contributed by atoms with van der Waals surface area (Å²) in [5, 5.41) is 7.05. The summed E-state index contributed by atoms with van der Waals surface area (Å²) < 4.78 is 12.0. The SMILES string of the molecule is COc1ccccc1[C@H](CNC(=O)c1cc(-c2ccc(Br)cc2)on1)N1CCC(C)CC1. The van der Waals surface area contributed by atoms with Crippen LogP contribution in [0.2, 0.25) is 0 Å². The number of benzene rings is 2. The fourth-order valence-corrected chi connectivity index (χ4v) is 4.39. The number of rotatable bonds is 7. The number of likely N-dealkylation sites (tertiary alicyclic amines) is 1. The van der Waals surface area contributed by atoms with Gasteiger partial charge in [0.05, 0.1) is 13.2 Å². The number of amides is 1. The molecule has 0 bridgehead atoms. The Hall–Kier alpha value is -2.64. The van der Waals surface area contributed by atoms with E-state index in [2.05, 4.69) is 44.3 Å². The average Bonchev–Trinajstić information content (AvgIpc) is 3.31. The van der Waals surface area contributed by atoms with Gasteiger partial charge in [0.25, 0.3) is 5.91 Å². The van der Waals surface area contributed by atoms with E-state index in [0.717, 1.165) is 53.2 Å². The van der Waals surface area contributed by atoms with Gasteiger partial charge in [0.15, 0.2) is 11.5 Å². The predicted octanol–water partition coefficient (Wildman–Crippen LogP) is 5.32. The zero-order valence-electron chi connectivity index (χ0n) is 18.4. The summed E-state index contributed by atoms with van der Waals surface area (Å²) in [4.78, 5) is 15.3. The van der Waals surface area contributed by atoms with E-state index >= 15 is 0 Å². The molecule has 3 aromatic rings. The lowest BCUT2D eigenvalue weighted by Crippen LogP contribution is -2.42. The molecule has 1 atom stereocenters. The number of hydrogen-bond acceptors (Lipinski definition) is 5. The van der Waals surface area contributed by atoms with Crippen LogP contribution in [0.5, 0.6) is 5.75 Å². The third-order valence-corrected chi connectivity index (χ3v) is 6.61. The van der Waals surface area contributed by atoms with Crippen LogP contribution >= 0.6 is 15.9 Å². The second-order valence-corrected chi connectivity index (χ2v) is 9.19. The van der Waals surface area contributed by atoms with E-state index in [1.807, 2.05) is 42.5 Å². The maximum absolute atomic E-state index is 12.9. The topological polar surface area (TPSA) is 67.6 Å². The number of aromatic nitrogens is 1. The number of nitrogens with zero attached hydrogens (tertiary/aromatic N) is 2. The van der Waals surface area contributed by atoms with Crippen LogP contribution in [0.1, 0.15) is 41.9 Å². The van der Waals surface area contributed by atoms with Crippen LogP contribution in [0, 0.1) is 5.92 Å². The predicted molar refractivity (Wildman–Crippen MR) is 128 cm³/mol. The van der Waals surface area contributed by atoms with E-state index in [9.17, 15) is 4.79 Å². The van der Waals surface area contributed by atoms with Gasteiger partial charge >= 0.3 is 0 Å². The zero-order chi connectivity index (χ0) is 22.5. The Kier molecular flexibility index (Phi) is 7.27. The van der Waals surface area contributed by atoms with E-state index in [1.54, 1.807) is 13.2 Å². The van der Waals surface area contributed by atoms with Crippen molar-refractivity contribution in [3.8, 4) is 17.1 Å². The molecule has 2 heterocycles. The monoisotopic (exact) mass is 497 g/mol. The van der Waals surface area contributed by atoms with Gasteiger partial charge < -0.3 is 14.6 Å². The summed E-state index contributed by atoms with van der Waals surface area (Å²) in [6, 6.07) is 17.4. The molecule has 0 saturated carbocycles. The Morgan fingerprint density at radius 2 is 1.94 bits per heavy atom. The lowest BCUT2D eigenvalue weighted by molar-refractivity contribution is 0.0902. The van der Waals surface area contributed by atoms with Gasteiger partial charge in [0, 0.05) is 28.2 Å². The minimum absolute atomic E-state index is 0.0282. The Morgan fingerprint density at radius 3 is 2.66 bits per heavy atom. The molecular weight excluding hydrogens is 470 g/mol. The molecule has 6 nitrogen and oxygen atoms in total. The molecule has 32 heavy (non-hydrogen) atoms. The van der Waals surface area contributed by atoms with Gasteiger partial charge in [-0.1, -0.05) is 58.3 Å². The Balaban J connectivity index is 1.49. The van der Waals surface area contributed by atoms with Crippen molar-refractivity contribution in [1.29, 1.82) is 0 Å². The fraction of sp³-hybridized carbons (Fsp3) is 0.360. The molecule has 1 aliphatic rings. The average molecular weight is 498 g/mol. The highest BCUT2D eigenvalue weighted by Gasteiger charge is 2.27. The molecule has 0 unspecified atom stereocenters. The summed E-state index contributed by atoms with van der Waals surface area (Å²) in [6.07, 6.45) is 2.30. The summed E-state index contributed by atoms with van der Waals surface area (Å²) in [7, 11) is 1.69. The third-order valence-electron chi connectivity index (χ3n) is 6.08. The van der Waals surface area contributed by atoms with E-state index in [1.165, 1.54) is 0 Å². The van der Waals surface area contributed by atoms with Gasteiger partial charge in [-0.2, -0.15) is 0 Å². The first kappa shape index (κ1) is 22.6. The van der Waals surface area contributed by atoms with Crippen LogP contribution in [0.25, 0.3) is 11.3 Å². The van der Waals surface area contributed by atoms with Crippen LogP contribution < -0.4 is 10.1 Å². The standard InChI is InChI=1S/C25H28BrN3O3/c1-17-11-13-29(14-12-17)22(20-5-3-4-6-23(20)31-2)16-27-25(30)21-15-24(32-28-21)18-7-9-19(26)10-8-18/h3-10,15,17,22H,11-14,16H2,1-2H3,(H,27,30)/t22-/m0/s1. The van der Waals surface area contributed by atoms with Crippen LogP contribution in [-0.4, -0.2) is 42.7 Å². The van der Waals surface area contributed by atoms with Crippen molar-refractivity contribution in [2.75, 3.05) is 26.7 Å². The number of hydrogen-bond donors (Lipinski definition) is 1. The molecule has 1 amide bonds. The number of carbonyl (C=O) groups is 1. The Labute approximate surface area is 197 Å². The molecule has 2 aromatic carbocycles. The highest BCUT2D eigenvalue weighted by atomic mass is 79.9. The van der Waals surface area contributed by atoms with E-state index in [0.29, 0.717) is 12.3 Å². The first-order chi connectivity index (χ1) is 15.5.